The summed E-state index contributed by atoms with van der Waals surface area (Å²) in [4.78, 5) is 7.24. The molecular formula is C10H9BrN2. The summed E-state index contributed by atoms with van der Waals surface area (Å²) < 4.78 is 1.11. The van der Waals surface area contributed by atoms with Gasteiger partial charge in [0.15, 0.2) is 0 Å². The Hall–Kier alpha value is -1.09. The summed E-state index contributed by atoms with van der Waals surface area (Å²) in [5.74, 6) is 1.00. The van der Waals surface area contributed by atoms with Crippen LogP contribution in [0.1, 0.15) is 11.4 Å². The lowest BCUT2D eigenvalue weighted by Gasteiger charge is -1.97. The molecule has 0 fully saturated rings. The Morgan fingerprint density at radius 3 is 2.62 bits per heavy atom. The first kappa shape index (κ1) is 8.51. The van der Waals surface area contributed by atoms with E-state index in [4.69, 9.17) is 0 Å². The standard InChI is InChI=1S/C10H9BrN2/c11-9-3-1-8(2-4-9)7-10-12-5-6-13-10/h1-6H,7H2,(H,12,13). The van der Waals surface area contributed by atoms with Gasteiger partial charge in [-0.05, 0) is 17.7 Å². The molecule has 1 aromatic heterocycles. The van der Waals surface area contributed by atoms with Gasteiger partial charge in [-0.15, -0.1) is 0 Å². The van der Waals surface area contributed by atoms with Gasteiger partial charge in [0.25, 0.3) is 0 Å². The maximum absolute atomic E-state index is 4.17. The molecule has 3 heteroatoms. The maximum atomic E-state index is 4.17. The molecule has 0 spiro atoms. The van der Waals surface area contributed by atoms with Gasteiger partial charge in [-0.1, -0.05) is 28.1 Å². The van der Waals surface area contributed by atoms with Crippen molar-refractivity contribution >= 4 is 15.9 Å². The first-order chi connectivity index (χ1) is 6.34. The second kappa shape index (κ2) is 3.75. The normalized spacial score (nSPS) is 10.2. The van der Waals surface area contributed by atoms with Crippen molar-refractivity contribution in [2.75, 3.05) is 0 Å². The number of rotatable bonds is 2. The maximum Gasteiger partial charge on any atom is 0.110 e. The molecule has 0 saturated carbocycles. The quantitative estimate of drug-likeness (QED) is 0.854. The molecule has 0 saturated heterocycles. The number of aromatic nitrogens is 2. The van der Waals surface area contributed by atoms with Crippen molar-refractivity contribution in [1.82, 2.24) is 9.97 Å². The average Bonchev–Trinajstić information content (AvgIpc) is 2.62. The fourth-order valence-corrected chi connectivity index (χ4v) is 1.45. The van der Waals surface area contributed by atoms with E-state index in [-0.39, 0.29) is 0 Å². The molecule has 2 rings (SSSR count). The second-order valence-electron chi connectivity index (χ2n) is 2.84. The predicted octanol–water partition coefficient (Wildman–Crippen LogP) is 2.76. The Labute approximate surface area is 85.1 Å². The molecule has 2 aromatic rings. The van der Waals surface area contributed by atoms with E-state index in [0.29, 0.717) is 0 Å². The summed E-state index contributed by atoms with van der Waals surface area (Å²) in [6, 6.07) is 8.26. The number of hydrogen-bond acceptors (Lipinski definition) is 1. The Kier molecular flexibility index (Phi) is 2.45. The largest absolute Gasteiger partial charge is 0.348 e. The Morgan fingerprint density at radius 2 is 2.00 bits per heavy atom. The summed E-state index contributed by atoms with van der Waals surface area (Å²) in [6.07, 6.45) is 4.47. The third-order valence-electron chi connectivity index (χ3n) is 1.84. The van der Waals surface area contributed by atoms with E-state index < -0.39 is 0 Å². The number of benzene rings is 1. The minimum Gasteiger partial charge on any atom is -0.348 e. The van der Waals surface area contributed by atoms with Gasteiger partial charge in [0.05, 0.1) is 0 Å². The highest BCUT2D eigenvalue weighted by Gasteiger charge is 1.96. The summed E-state index contributed by atoms with van der Waals surface area (Å²) in [5, 5.41) is 0. The van der Waals surface area contributed by atoms with E-state index in [9.17, 15) is 0 Å². The zero-order valence-corrected chi connectivity index (χ0v) is 8.58. The van der Waals surface area contributed by atoms with Crippen LogP contribution < -0.4 is 0 Å². The van der Waals surface area contributed by atoms with E-state index in [0.717, 1.165) is 16.7 Å². The zero-order chi connectivity index (χ0) is 9.10. The van der Waals surface area contributed by atoms with Crippen molar-refractivity contribution in [2.24, 2.45) is 0 Å². The number of halogens is 1. The van der Waals surface area contributed by atoms with E-state index in [1.54, 1.807) is 6.20 Å². The minimum absolute atomic E-state index is 0.861. The van der Waals surface area contributed by atoms with E-state index in [2.05, 4.69) is 38.0 Å². The molecule has 0 aliphatic rings. The molecule has 0 aliphatic carbocycles. The fraction of sp³-hybridized carbons (Fsp3) is 0.100. The molecular weight excluding hydrogens is 228 g/mol. The lowest BCUT2D eigenvalue weighted by atomic mass is 10.1. The van der Waals surface area contributed by atoms with Gasteiger partial charge in [-0.3, -0.25) is 0 Å². The SMILES string of the molecule is Brc1ccc(Cc2ncc[nH]2)cc1. The second-order valence-corrected chi connectivity index (χ2v) is 3.75. The van der Waals surface area contributed by atoms with Gasteiger partial charge in [-0.2, -0.15) is 0 Å². The van der Waals surface area contributed by atoms with Crippen molar-refractivity contribution in [2.45, 2.75) is 6.42 Å². The predicted molar refractivity (Wildman–Crippen MR) is 55.5 cm³/mol. The van der Waals surface area contributed by atoms with Crippen molar-refractivity contribution in [3.05, 3.63) is 52.5 Å². The van der Waals surface area contributed by atoms with Crippen LogP contribution in [0.5, 0.6) is 0 Å². The Balaban J connectivity index is 2.15. The Morgan fingerprint density at radius 1 is 1.23 bits per heavy atom. The highest BCUT2D eigenvalue weighted by Crippen LogP contribution is 2.12. The molecule has 1 aromatic carbocycles. The van der Waals surface area contributed by atoms with Gasteiger partial charge >= 0.3 is 0 Å². The number of hydrogen-bond donors (Lipinski definition) is 1. The van der Waals surface area contributed by atoms with Crippen molar-refractivity contribution in [3.8, 4) is 0 Å². The molecule has 0 atom stereocenters. The molecule has 0 unspecified atom stereocenters. The lowest BCUT2D eigenvalue weighted by Crippen LogP contribution is -1.89. The summed E-state index contributed by atoms with van der Waals surface area (Å²) in [6.45, 7) is 0. The highest BCUT2D eigenvalue weighted by molar-refractivity contribution is 9.10. The van der Waals surface area contributed by atoms with Crippen LogP contribution in [0.3, 0.4) is 0 Å². The van der Waals surface area contributed by atoms with Gasteiger partial charge in [0.1, 0.15) is 5.82 Å². The van der Waals surface area contributed by atoms with Crippen molar-refractivity contribution in [3.63, 3.8) is 0 Å². The van der Waals surface area contributed by atoms with Crippen LogP contribution in [0.15, 0.2) is 41.1 Å². The van der Waals surface area contributed by atoms with Gasteiger partial charge in [-0.25, -0.2) is 4.98 Å². The molecule has 2 nitrogen and oxygen atoms in total. The fourth-order valence-electron chi connectivity index (χ4n) is 1.19. The summed E-state index contributed by atoms with van der Waals surface area (Å²) in [7, 11) is 0. The van der Waals surface area contributed by atoms with E-state index in [1.165, 1.54) is 5.56 Å². The van der Waals surface area contributed by atoms with Gasteiger partial charge < -0.3 is 4.98 Å². The molecule has 0 amide bonds. The smallest absolute Gasteiger partial charge is 0.110 e. The van der Waals surface area contributed by atoms with E-state index >= 15 is 0 Å². The van der Waals surface area contributed by atoms with Crippen LogP contribution in [-0.4, -0.2) is 9.97 Å². The molecule has 0 bridgehead atoms. The summed E-state index contributed by atoms with van der Waals surface area (Å²) >= 11 is 3.40. The first-order valence-corrected chi connectivity index (χ1v) is 4.86. The number of nitrogens with zero attached hydrogens (tertiary/aromatic N) is 1. The molecule has 1 N–H and O–H groups in total. The molecule has 0 aliphatic heterocycles. The van der Waals surface area contributed by atoms with Crippen LogP contribution >= 0.6 is 15.9 Å². The van der Waals surface area contributed by atoms with Crippen LogP contribution in [0, 0.1) is 0 Å². The average molecular weight is 237 g/mol. The lowest BCUT2D eigenvalue weighted by molar-refractivity contribution is 1.03. The number of nitrogens with one attached hydrogen (secondary N) is 1. The van der Waals surface area contributed by atoms with E-state index in [1.807, 2.05) is 18.3 Å². The van der Waals surface area contributed by atoms with Gasteiger partial charge in [0, 0.05) is 23.3 Å². The van der Waals surface area contributed by atoms with Gasteiger partial charge in [0.2, 0.25) is 0 Å². The molecule has 66 valence electrons. The number of aromatic amines is 1. The molecule has 13 heavy (non-hydrogen) atoms. The number of H-pyrrole nitrogens is 1. The molecule has 0 radical (unpaired) electrons. The van der Waals surface area contributed by atoms with Crippen LogP contribution in [-0.2, 0) is 6.42 Å². The van der Waals surface area contributed by atoms with Crippen molar-refractivity contribution in [1.29, 1.82) is 0 Å². The minimum atomic E-state index is 0.861. The van der Waals surface area contributed by atoms with Crippen molar-refractivity contribution < 1.29 is 0 Å². The number of imidazole rings is 1. The first-order valence-electron chi connectivity index (χ1n) is 4.07. The third kappa shape index (κ3) is 2.18. The van der Waals surface area contributed by atoms with Crippen LogP contribution in [0.4, 0.5) is 0 Å². The zero-order valence-electron chi connectivity index (χ0n) is 7.00. The Bertz CT molecular complexity index is 364. The topological polar surface area (TPSA) is 28.7 Å². The molecule has 1 heterocycles. The third-order valence-corrected chi connectivity index (χ3v) is 2.37. The van der Waals surface area contributed by atoms with Crippen LogP contribution in [0.2, 0.25) is 0 Å². The highest BCUT2D eigenvalue weighted by atomic mass is 79.9. The monoisotopic (exact) mass is 236 g/mol. The summed E-state index contributed by atoms with van der Waals surface area (Å²) in [5.41, 5.74) is 1.26. The van der Waals surface area contributed by atoms with Crippen LogP contribution in [0.25, 0.3) is 0 Å².